The summed E-state index contributed by atoms with van der Waals surface area (Å²) in [6.45, 7) is 1.98. The molecule has 3 heteroatoms. The third kappa shape index (κ3) is 1.13. The zero-order valence-electron chi connectivity index (χ0n) is 6.47. The van der Waals surface area contributed by atoms with E-state index in [4.69, 9.17) is 0 Å². The lowest BCUT2D eigenvalue weighted by Crippen LogP contribution is -1.76. The van der Waals surface area contributed by atoms with E-state index in [0.29, 0.717) is 5.39 Å². The minimum absolute atomic E-state index is 0.160. The molecule has 0 atom stereocenters. The lowest BCUT2D eigenvalue weighted by Gasteiger charge is -1.94. The summed E-state index contributed by atoms with van der Waals surface area (Å²) in [5.41, 5.74) is 1.11. The molecule has 0 aliphatic rings. The number of thiophene rings is 1. The lowest BCUT2D eigenvalue weighted by molar-refractivity contribution is 0.640. The summed E-state index contributed by atoms with van der Waals surface area (Å²) in [6.07, 6.45) is 0. The SMILES string of the molecule is Cc1ccc(F)c2cc(S)sc12. The number of halogens is 1. The molecule has 0 bridgehead atoms. The van der Waals surface area contributed by atoms with E-state index in [1.165, 1.54) is 17.4 Å². The van der Waals surface area contributed by atoms with Crippen molar-refractivity contribution in [2.24, 2.45) is 0 Å². The van der Waals surface area contributed by atoms with E-state index in [1.807, 2.05) is 6.92 Å². The van der Waals surface area contributed by atoms with E-state index >= 15 is 0 Å². The van der Waals surface area contributed by atoms with E-state index < -0.39 is 0 Å². The van der Waals surface area contributed by atoms with Gasteiger partial charge in [-0.25, -0.2) is 4.39 Å². The van der Waals surface area contributed by atoms with Crippen molar-refractivity contribution < 1.29 is 4.39 Å². The molecule has 0 nitrogen and oxygen atoms in total. The molecule has 0 radical (unpaired) electrons. The molecule has 0 saturated heterocycles. The van der Waals surface area contributed by atoms with Gasteiger partial charge in [0.25, 0.3) is 0 Å². The van der Waals surface area contributed by atoms with Crippen molar-refractivity contribution in [3.05, 3.63) is 29.6 Å². The molecule has 0 amide bonds. The number of hydrogen-bond donors (Lipinski definition) is 1. The van der Waals surface area contributed by atoms with Crippen molar-refractivity contribution in [3.63, 3.8) is 0 Å². The minimum Gasteiger partial charge on any atom is -0.206 e. The molecular weight excluding hydrogens is 191 g/mol. The molecule has 2 rings (SSSR count). The maximum absolute atomic E-state index is 13.2. The second-order valence-corrected chi connectivity index (χ2v) is 4.53. The Bertz CT molecular complexity index is 392. The van der Waals surface area contributed by atoms with Crippen molar-refractivity contribution in [2.75, 3.05) is 0 Å². The van der Waals surface area contributed by atoms with E-state index in [-0.39, 0.29) is 5.82 Å². The van der Waals surface area contributed by atoms with Gasteiger partial charge in [-0.3, -0.25) is 0 Å². The normalized spacial score (nSPS) is 10.9. The highest BCUT2D eigenvalue weighted by atomic mass is 32.2. The molecule has 1 aromatic heterocycles. The number of benzene rings is 1. The van der Waals surface area contributed by atoms with Crippen LogP contribution in [-0.2, 0) is 0 Å². The molecule has 0 N–H and O–H groups in total. The van der Waals surface area contributed by atoms with Gasteiger partial charge in [-0.1, -0.05) is 6.07 Å². The molecule has 0 unspecified atom stereocenters. The minimum atomic E-state index is -0.160. The lowest BCUT2D eigenvalue weighted by atomic mass is 10.2. The predicted molar refractivity (Wildman–Crippen MR) is 53.8 cm³/mol. The maximum atomic E-state index is 13.2. The first-order valence-corrected chi connectivity index (χ1v) is 4.82. The molecule has 0 fully saturated rings. The van der Waals surface area contributed by atoms with Gasteiger partial charge in [-0.2, -0.15) is 0 Å². The monoisotopic (exact) mass is 198 g/mol. The first kappa shape index (κ1) is 8.08. The van der Waals surface area contributed by atoms with Gasteiger partial charge in [-0.15, -0.1) is 24.0 Å². The van der Waals surface area contributed by atoms with Crippen LogP contribution in [0.2, 0.25) is 0 Å². The number of fused-ring (bicyclic) bond motifs is 1. The number of rotatable bonds is 0. The van der Waals surface area contributed by atoms with Crippen molar-refractivity contribution in [2.45, 2.75) is 11.1 Å². The highest BCUT2D eigenvalue weighted by Crippen LogP contribution is 2.32. The Morgan fingerprint density at radius 1 is 1.42 bits per heavy atom. The van der Waals surface area contributed by atoms with Crippen LogP contribution in [0.4, 0.5) is 4.39 Å². The van der Waals surface area contributed by atoms with Gasteiger partial charge in [-0.05, 0) is 24.6 Å². The van der Waals surface area contributed by atoms with Crippen LogP contribution < -0.4 is 0 Å². The van der Waals surface area contributed by atoms with Gasteiger partial charge < -0.3 is 0 Å². The van der Waals surface area contributed by atoms with Crippen LogP contribution in [0.1, 0.15) is 5.56 Å². The van der Waals surface area contributed by atoms with Crippen molar-refractivity contribution in [3.8, 4) is 0 Å². The highest BCUT2D eigenvalue weighted by Gasteiger charge is 2.05. The Morgan fingerprint density at radius 2 is 2.17 bits per heavy atom. The fraction of sp³-hybridized carbons (Fsp3) is 0.111. The summed E-state index contributed by atoms with van der Waals surface area (Å²) in [5, 5.41) is 0.685. The molecule has 12 heavy (non-hydrogen) atoms. The average molecular weight is 198 g/mol. The number of aryl methyl sites for hydroxylation is 1. The molecule has 0 aliphatic carbocycles. The third-order valence-corrected chi connectivity index (χ3v) is 3.29. The van der Waals surface area contributed by atoms with Crippen LogP contribution in [-0.4, -0.2) is 0 Å². The highest BCUT2D eigenvalue weighted by molar-refractivity contribution is 7.83. The Labute approximate surface area is 79.4 Å². The predicted octanol–water partition coefficient (Wildman–Crippen LogP) is 3.64. The summed E-state index contributed by atoms with van der Waals surface area (Å²) >= 11 is 5.71. The summed E-state index contributed by atoms with van der Waals surface area (Å²) in [6, 6.07) is 5.06. The zero-order chi connectivity index (χ0) is 8.72. The Balaban J connectivity index is 2.93. The smallest absolute Gasteiger partial charge is 0.131 e. The topological polar surface area (TPSA) is 0 Å². The van der Waals surface area contributed by atoms with Gasteiger partial charge in [0.2, 0.25) is 0 Å². The zero-order valence-corrected chi connectivity index (χ0v) is 8.18. The number of hydrogen-bond acceptors (Lipinski definition) is 2. The summed E-state index contributed by atoms with van der Waals surface area (Å²) in [5.74, 6) is -0.160. The Hall–Kier alpha value is -0.540. The van der Waals surface area contributed by atoms with E-state index in [9.17, 15) is 4.39 Å². The van der Waals surface area contributed by atoms with Crippen molar-refractivity contribution >= 4 is 34.1 Å². The maximum Gasteiger partial charge on any atom is 0.131 e. The van der Waals surface area contributed by atoms with Crippen LogP contribution in [0.5, 0.6) is 0 Å². The van der Waals surface area contributed by atoms with Gasteiger partial charge >= 0.3 is 0 Å². The molecule has 1 aromatic carbocycles. The summed E-state index contributed by atoms with van der Waals surface area (Å²) < 4.78 is 15.0. The van der Waals surface area contributed by atoms with Crippen molar-refractivity contribution in [1.29, 1.82) is 0 Å². The fourth-order valence-electron chi connectivity index (χ4n) is 1.21. The Morgan fingerprint density at radius 3 is 2.83 bits per heavy atom. The Kier molecular flexibility index (Phi) is 1.85. The third-order valence-electron chi connectivity index (χ3n) is 1.81. The standard InChI is InChI=1S/C9H7FS2/c1-5-2-3-7(10)6-4-8(11)12-9(5)6/h2-4,11H,1H3. The van der Waals surface area contributed by atoms with Crippen LogP contribution >= 0.6 is 24.0 Å². The van der Waals surface area contributed by atoms with Gasteiger partial charge in [0.15, 0.2) is 0 Å². The summed E-state index contributed by atoms with van der Waals surface area (Å²) in [4.78, 5) is 0. The molecule has 1 heterocycles. The second-order valence-electron chi connectivity index (χ2n) is 2.69. The van der Waals surface area contributed by atoms with Crippen LogP contribution in [0.25, 0.3) is 10.1 Å². The van der Waals surface area contributed by atoms with Gasteiger partial charge in [0, 0.05) is 10.1 Å². The van der Waals surface area contributed by atoms with E-state index in [1.54, 1.807) is 12.1 Å². The molecule has 62 valence electrons. The van der Waals surface area contributed by atoms with Crippen molar-refractivity contribution in [1.82, 2.24) is 0 Å². The first-order valence-electron chi connectivity index (χ1n) is 3.56. The van der Waals surface area contributed by atoms with Crippen LogP contribution in [0.15, 0.2) is 22.4 Å². The average Bonchev–Trinajstić information content (AvgIpc) is 2.41. The van der Waals surface area contributed by atoms with E-state index in [0.717, 1.165) is 14.5 Å². The second kappa shape index (κ2) is 2.75. The van der Waals surface area contributed by atoms with E-state index in [2.05, 4.69) is 12.6 Å². The first-order chi connectivity index (χ1) is 5.68. The summed E-state index contributed by atoms with van der Waals surface area (Å²) in [7, 11) is 0. The molecule has 0 spiro atoms. The molecule has 2 aromatic rings. The van der Waals surface area contributed by atoms with Crippen LogP contribution in [0.3, 0.4) is 0 Å². The van der Waals surface area contributed by atoms with Gasteiger partial charge in [0.05, 0.1) is 4.21 Å². The fourth-order valence-corrected chi connectivity index (χ4v) is 2.50. The quantitative estimate of drug-likeness (QED) is 0.614. The molecule has 0 saturated carbocycles. The van der Waals surface area contributed by atoms with Crippen LogP contribution in [0, 0.1) is 12.7 Å². The van der Waals surface area contributed by atoms with Gasteiger partial charge in [0.1, 0.15) is 5.82 Å². The molecular formula is C9H7FS2. The largest absolute Gasteiger partial charge is 0.206 e. The number of thiol groups is 1. The molecule has 0 aliphatic heterocycles.